The van der Waals surface area contributed by atoms with E-state index >= 15 is 0 Å². The highest BCUT2D eigenvalue weighted by atomic mass is 32.2. The van der Waals surface area contributed by atoms with Crippen molar-refractivity contribution < 1.29 is 5.11 Å². The number of hydrogen-bond acceptors (Lipinski definition) is 4. The van der Waals surface area contributed by atoms with Gasteiger partial charge in [0, 0.05) is 11.0 Å². The van der Waals surface area contributed by atoms with E-state index in [1.165, 1.54) is 0 Å². The molecule has 0 rings (SSSR count). The quantitative estimate of drug-likeness (QED) is 0.698. The molecule has 0 aliphatic heterocycles. The number of aliphatic hydroxyl groups excluding tert-OH is 1. The highest BCUT2D eigenvalue weighted by Crippen LogP contribution is 2.19. The van der Waals surface area contributed by atoms with Crippen LogP contribution in [0.25, 0.3) is 0 Å². The smallest absolute Gasteiger partial charge is 0.112 e. The standard InChI is InChI=1S/C9H18N2OS/c1-7(12)8(2)13-6-9(3,5-10)11-4/h7-8,11-12H,6H2,1-4H3. The Bertz CT molecular complexity index is 191. The molecule has 3 atom stereocenters. The van der Waals surface area contributed by atoms with Crippen LogP contribution in [0.3, 0.4) is 0 Å². The van der Waals surface area contributed by atoms with Crippen molar-refractivity contribution in [3.63, 3.8) is 0 Å². The molecule has 0 radical (unpaired) electrons. The Hall–Kier alpha value is -0.240. The average Bonchev–Trinajstić information content (AvgIpc) is 2.13. The van der Waals surface area contributed by atoms with E-state index in [-0.39, 0.29) is 11.4 Å². The molecule has 3 nitrogen and oxygen atoms in total. The Kier molecular flexibility index (Phi) is 5.38. The lowest BCUT2D eigenvalue weighted by atomic mass is 10.1. The fourth-order valence-electron chi connectivity index (χ4n) is 0.598. The number of aliphatic hydroxyl groups is 1. The molecule has 0 spiro atoms. The minimum absolute atomic E-state index is 0.168. The van der Waals surface area contributed by atoms with Crippen molar-refractivity contribution in [2.24, 2.45) is 0 Å². The van der Waals surface area contributed by atoms with Crippen molar-refractivity contribution in [2.75, 3.05) is 12.8 Å². The molecule has 0 saturated carbocycles. The van der Waals surface area contributed by atoms with Gasteiger partial charge in [0.2, 0.25) is 0 Å². The van der Waals surface area contributed by atoms with E-state index < -0.39 is 5.54 Å². The summed E-state index contributed by atoms with van der Waals surface area (Å²) in [4.78, 5) is 0. The Morgan fingerprint density at radius 3 is 2.46 bits per heavy atom. The van der Waals surface area contributed by atoms with Gasteiger partial charge in [-0.25, -0.2) is 0 Å². The summed E-state index contributed by atoms with van der Waals surface area (Å²) in [6.45, 7) is 5.58. The van der Waals surface area contributed by atoms with E-state index in [4.69, 9.17) is 5.26 Å². The zero-order valence-corrected chi connectivity index (χ0v) is 9.48. The number of rotatable bonds is 5. The summed E-state index contributed by atoms with van der Waals surface area (Å²) in [6, 6.07) is 2.21. The molecule has 0 heterocycles. The highest BCUT2D eigenvalue weighted by Gasteiger charge is 2.23. The topological polar surface area (TPSA) is 56.0 Å². The molecular weight excluding hydrogens is 184 g/mol. The predicted molar refractivity (Wildman–Crippen MR) is 56.7 cm³/mol. The number of nitriles is 1. The van der Waals surface area contributed by atoms with Gasteiger partial charge in [-0.05, 0) is 20.9 Å². The Morgan fingerprint density at radius 2 is 2.15 bits per heavy atom. The second-order valence-electron chi connectivity index (χ2n) is 3.45. The molecule has 0 fully saturated rings. The summed E-state index contributed by atoms with van der Waals surface area (Å²) in [5, 5.41) is 21.2. The summed E-state index contributed by atoms with van der Waals surface area (Å²) >= 11 is 1.61. The maximum Gasteiger partial charge on any atom is 0.112 e. The Labute approximate surface area is 84.5 Å². The van der Waals surface area contributed by atoms with Gasteiger partial charge in [0.1, 0.15) is 5.54 Å². The van der Waals surface area contributed by atoms with Gasteiger partial charge in [-0.3, -0.25) is 0 Å². The van der Waals surface area contributed by atoms with Gasteiger partial charge in [-0.1, -0.05) is 6.92 Å². The Morgan fingerprint density at radius 1 is 1.62 bits per heavy atom. The van der Waals surface area contributed by atoms with E-state index in [9.17, 15) is 5.11 Å². The van der Waals surface area contributed by atoms with Gasteiger partial charge in [0.15, 0.2) is 0 Å². The lowest BCUT2D eigenvalue weighted by Gasteiger charge is -2.23. The number of hydrogen-bond donors (Lipinski definition) is 2. The van der Waals surface area contributed by atoms with Gasteiger partial charge < -0.3 is 10.4 Å². The van der Waals surface area contributed by atoms with Gasteiger partial charge >= 0.3 is 0 Å². The highest BCUT2D eigenvalue weighted by molar-refractivity contribution is 8.00. The van der Waals surface area contributed by atoms with Gasteiger partial charge in [-0.15, -0.1) is 0 Å². The van der Waals surface area contributed by atoms with E-state index in [2.05, 4.69) is 11.4 Å². The van der Waals surface area contributed by atoms with Crippen LogP contribution < -0.4 is 5.32 Å². The molecule has 0 aromatic heterocycles. The largest absolute Gasteiger partial charge is 0.392 e. The molecule has 4 heteroatoms. The first kappa shape index (κ1) is 12.8. The van der Waals surface area contributed by atoms with Crippen molar-refractivity contribution in [3.8, 4) is 6.07 Å². The molecule has 0 saturated heterocycles. The third-order valence-corrected chi connectivity index (χ3v) is 3.78. The molecule has 0 bridgehead atoms. The summed E-state index contributed by atoms with van der Waals surface area (Å²) in [5.41, 5.74) is -0.492. The lowest BCUT2D eigenvalue weighted by Crippen LogP contribution is -2.41. The van der Waals surface area contributed by atoms with Crippen LogP contribution >= 0.6 is 11.8 Å². The molecular formula is C9H18N2OS. The minimum atomic E-state index is -0.492. The molecule has 13 heavy (non-hydrogen) atoms. The van der Waals surface area contributed by atoms with E-state index in [0.29, 0.717) is 5.75 Å². The van der Waals surface area contributed by atoms with E-state index in [1.807, 2.05) is 13.8 Å². The first-order chi connectivity index (χ1) is 5.95. The average molecular weight is 202 g/mol. The molecule has 2 N–H and O–H groups in total. The molecule has 0 aromatic rings. The van der Waals surface area contributed by atoms with Crippen molar-refractivity contribution in [1.29, 1.82) is 5.26 Å². The molecule has 3 unspecified atom stereocenters. The number of nitrogens with zero attached hydrogens (tertiary/aromatic N) is 1. The molecule has 0 aliphatic carbocycles. The van der Waals surface area contributed by atoms with E-state index in [0.717, 1.165) is 0 Å². The van der Waals surface area contributed by atoms with Crippen LogP contribution in [-0.4, -0.2) is 34.8 Å². The van der Waals surface area contributed by atoms with Crippen molar-refractivity contribution >= 4 is 11.8 Å². The molecule has 76 valence electrons. The SMILES string of the molecule is CNC(C)(C#N)CSC(C)C(C)O. The van der Waals surface area contributed by atoms with Crippen LogP contribution in [0.4, 0.5) is 0 Å². The first-order valence-corrected chi connectivity index (χ1v) is 5.40. The lowest BCUT2D eigenvalue weighted by molar-refractivity contribution is 0.196. The van der Waals surface area contributed by atoms with Gasteiger partial charge in [0.05, 0.1) is 12.2 Å². The summed E-state index contributed by atoms with van der Waals surface area (Å²) in [7, 11) is 1.77. The Balaban J connectivity index is 3.94. The van der Waals surface area contributed by atoms with Crippen molar-refractivity contribution in [1.82, 2.24) is 5.32 Å². The second kappa shape index (κ2) is 5.48. The van der Waals surface area contributed by atoms with Gasteiger partial charge in [-0.2, -0.15) is 17.0 Å². The van der Waals surface area contributed by atoms with Crippen LogP contribution in [0.2, 0.25) is 0 Å². The molecule has 0 aromatic carbocycles. The first-order valence-electron chi connectivity index (χ1n) is 4.35. The van der Waals surface area contributed by atoms with Gasteiger partial charge in [0.25, 0.3) is 0 Å². The molecule has 0 amide bonds. The molecule has 0 aliphatic rings. The number of nitrogens with one attached hydrogen (secondary N) is 1. The van der Waals surface area contributed by atoms with Crippen LogP contribution in [0.5, 0.6) is 0 Å². The van der Waals surface area contributed by atoms with Crippen LogP contribution in [-0.2, 0) is 0 Å². The summed E-state index contributed by atoms with van der Waals surface area (Å²) in [5.74, 6) is 0.687. The van der Waals surface area contributed by atoms with Crippen molar-refractivity contribution in [2.45, 2.75) is 37.7 Å². The maximum atomic E-state index is 9.24. The normalized spacial score (nSPS) is 20.0. The van der Waals surface area contributed by atoms with Crippen LogP contribution in [0.1, 0.15) is 20.8 Å². The monoisotopic (exact) mass is 202 g/mol. The third-order valence-electron chi connectivity index (χ3n) is 2.11. The zero-order valence-electron chi connectivity index (χ0n) is 8.66. The second-order valence-corrected chi connectivity index (χ2v) is 4.82. The fourth-order valence-corrected chi connectivity index (χ4v) is 1.68. The third kappa shape index (κ3) is 4.51. The minimum Gasteiger partial charge on any atom is -0.392 e. The summed E-state index contributed by atoms with van der Waals surface area (Å²) in [6.07, 6.45) is -0.329. The zero-order chi connectivity index (χ0) is 10.5. The maximum absolute atomic E-state index is 9.24. The predicted octanol–water partition coefficient (Wildman–Crippen LogP) is 0.991. The van der Waals surface area contributed by atoms with Crippen LogP contribution in [0.15, 0.2) is 0 Å². The summed E-state index contributed by atoms with van der Waals surface area (Å²) < 4.78 is 0. The van der Waals surface area contributed by atoms with E-state index in [1.54, 1.807) is 25.7 Å². The fraction of sp³-hybridized carbons (Fsp3) is 0.889. The number of thioether (sulfide) groups is 1. The van der Waals surface area contributed by atoms with Crippen LogP contribution in [0, 0.1) is 11.3 Å². The van der Waals surface area contributed by atoms with Crippen molar-refractivity contribution in [3.05, 3.63) is 0 Å².